The van der Waals surface area contributed by atoms with Crippen molar-refractivity contribution in [3.8, 4) is 11.1 Å². The summed E-state index contributed by atoms with van der Waals surface area (Å²) >= 11 is 0. The van der Waals surface area contributed by atoms with Gasteiger partial charge in [0, 0.05) is 6.08 Å². The van der Waals surface area contributed by atoms with Crippen molar-refractivity contribution in [2.45, 2.75) is 72.1 Å². The van der Waals surface area contributed by atoms with E-state index in [2.05, 4.69) is 71.0 Å². The van der Waals surface area contributed by atoms with Crippen LogP contribution in [0.15, 0.2) is 42.5 Å². The minimum Gasteiger partial charge on any atom is -0.463 e. The van der Waals surface area contributed by atoms with Crippen LogP contribution in [0.5, 0.6) is 0 Å². The molecule has 0 fully saturated rings. The fraction of sp³-hybridized carbons (Fsp3) is 0.444. The monoisotopic (exact) mass is 390 g/mol. The van der Waals surface area contributed by atoms with Crippen LogP contribution in [0, 0.1) is 6.92 Å². The predicted molar refractivity (Wildman–Crippen MR) is 122 cm³/mol. The highest BCUT2D eigenvalue weighted by Gasteiger charge is 2.37. The van der Waals surface area contributed by atoms with E-state index in [4.69, 9.17) is 4.74 Å². The molecule has 0 unspecified atom stereocenters. The predicted octanol–water partition coefficient (Wildman–Crippen LogP) is 6.98. The Morgan fingerprint density at radius 1 is 1.03 bits per heavy atom. The van der Waals surface area contributed by atoms with Crippen molar-refractivity contribution in [1.29, 1.82) is 0 Å². The van der Waals surface area contributed by atoms with Crippen LogP contribution in [-0.2, 0) is 20.4 Å². The first-order valence-corrected chi connectivity index (χ1v) is 10.7. The van der Waals surface area contributed by atoms with Gasteiger partial charge in [-0.15, -0.1) is 0 Å². The Bertz CT molecular complexity index is 960. The van der Waals surface area contributed by atoms with Gasteiger partial charge < -0.3 is 4.74 Å². The molecule has 0 bridgehead atoms. The lowest BCUT2D eigenvalue weighted by molar-refractivity contribution is -0.137. The van der Waals surface area contributed by atoms with Crippen LogP contribution < -0.4 is 0 Å². The van der Waals surface area contributed by atoms with Gasteiger partial charge in [-0.3, -0.25) is 0 Å². The number of rotatable bonds is 4. The van der Waals surface area contributed by atoms with Gasteiger partial charge in [0.1, 0.15) is 0 Å². The van der Waals surface area contributed by atoms with E-state index in [9.17, 15) is 4.79 Å². The summed E-state index contributed by atoms with van der Waals surface area (Å²) < 4.78 is 5.06. The fourth-order valence-corrected chi connectivity index (χ4v) is 4.41. The summed E-state index contributed by atoms with van der Waals surface area (Å²) in [5.74, 6) is -0.288. The van der Waals surface area contributed by atoms with Gasteiger partial charge in [-0.05, 0) is 89.5 Å². The van der Waals surface area contributed by atoms with E-state index < -0.39 is 0 Å². The summed E-state index contributed by atoms with van der Waals surface area (Å²) in [5, 5.41) is 0. The number of hydrogen-bond acceptors (Lipinski definition) is 2. The minimum atomic E-state index is -0.288. The quantitative estimate of drug-likeness (QED) is 0.416. The van der Waals surface area contributed by atoms with E-state index in [-0.39, 0.29) is 16.8 Å². The van der Waals surface area contributed by atoms with E-state index in [0.717, 1.165) is 11.1 Å². The zero-order valence-electron chi connectivity index (χ0n) is 19.0. The Balaban J connectivity index is 2.08. The molecule has 0 aliphatic heterocycles. The summed E-state index contributed by atoms with van der Waals surface area (Å²) in [4.78, 5) is 11.8. The van der Waals surface area contributed by atoms with Gasteiger partial charge in [0.25, 0.3) is 0 Å². The van der Waals surface area contributed by atoms with Crippen molar-refractivity contribution < 1.29 is 9.53 Å². The first-order valence-electron chi connectivity index (χ1n) is 10.7. The summed E-state index contributed by atoms with van der Waals surface area (Å²) in [6, 6.07) is 13.3. The van der Waals surface area contributed by atoms with E-state index in [1.54, 1.807) is 6.08 Å². The van der Waals surface area contributed by atoms with Gasteiger partial charge in [-0.25, -0.2) is 4.79 Å². The Hall–Kier alpha value is -2.35. The second kappa shape index (κ2) is 7.82. The number of carbonyl (C=O) groups is 1. The molecule has 2 aromatic rings. The van der Waals surface area contributed by atoms with Crippen molar-refractivity contribution in [1.82, 2.24) is 0 Å². The largest absolute Gasteiger partial charge is 0.463 e. The summed E-state index contributed by atoms with van der Waals surface area (Å²) in [6.45, 7) is 15.8. The number of hydrogen-bond donors (Lipinski definition) is 0. The number of fused-ring (bicyclic) bond motifs is 1. The van der Waals surface area contributed by atoms with Crippen molar-refractivity contribution in [2.75, 3.05) is 6.61 Å². The van der Waals surface area contributed by atoms with Crippen molar-refractivity contribution in [3.63, 3.8) is 0 Å². The number of allylic oxidation sites excluding steroid dienone is 1. The molecule has 1 aliphatic carbocycles. The Kier molecular flexibility index (Phi) is 5.76. The molecule has 0 saturated heterocycles. The van der Waals surface area contributed by atoms with Gasteiger partial charge in [-0.1, -0.05) is 58.0 Å². The smallest absolute Gasteiger partial charge is 0.331 e. The third-order valence-electron chi connectivity index (χ3n) is 6.45. The van der Waals surface area contributed by atoms with Crippen molar-refractivity contribution >= 4 is 11.5 Å². The highest BCUT2D eigenvalue weighted by atomic mass is 16.5. The SMILES string of the molecule is CCOC(=O)/C=C(/C)c1cccc(-c2cc3c(cc2C)C(C)(C)CCC3(C)C)c1. The molecule has 0 spiro atoms. The molecule has 0 aromatic heterocycles. The molecule has 2 aromatic carbocycles. The molecule has 154 valence electrons. The topological polar surface area (TPSA) is 26.3 Å². The third kappa shape index (κ3) is 4.32. The summed E-state index contributed by atoms with van der Waals surface area (Å²) in [7, 11) is 0. The second-order valence-electron chi connectivity index (χ2n) is 9.64. The highest BCUT2D eigenvalue weighted by Crippen LogP contribution is 2.47. The van der Waals surface area contributed by atoms with Crippen molar-refractivity contribution in [2.24, 2.45) is 0 Å². The molecule has 2 heteroatoms. The normalized spacial score (nSPS) is 17.6. The number of aryl methyl sites for hydroxylation is 1. The zero-order valence-corrected chi connectivity index (χ0v) is 19.0. The van der Waals surface area contributed by atoms with Crippen LogP contribution in [0.4, 0.5) is 0 Å². The minimum absolute atomic E-state index is 0.185. The van der Waals surface area contributed by atoms with Crippen LogP contribution in [0.1, 0.15) is 76.6 Å². The molecule has 0 N–H and O–H groups in total. The number of ether oxygens (including phenoxy) is 1. The molecule has 0 radical (unpaired) electrons. The van der Waals surface area contributed by atoms with Crippen LogP contribution >= 0.6 is 0 Å². The standard InChI is InChI=1S/C27H34O2/c1-8-29-25(28)15-18(2)20-10-9-11-21(16-20)22-17-24-23(14-19(22)3)26(4,5)12-13-27(24,6)7/h9-11,14-17H,8,12-13H2,1-7H3/b18-15-. The molecule has 1 aliphatic rings. The maximum absolute atomic E-state index is 11.8. The van der Waals surface area contributed by atoms with E-state index in [1.807, 2.05) is 13.8 Å². The maximum Gasteiger partial charge on any atom is 0.331 e. The fourth-order valence-electron chi connectivity index (χ4n) is 4.41. The summed E-state index contributed by atoms with van der Waals surface area (Å²) in [5.41, 5.74) is 9.11. The lowest BCUT2D eigenvalue weighted by atomic mass is 9.62. The van der Waals surface area contributed by atoms with Crippen LogP contribution in [-0.4, -0.2) is 12.6 Å². The van der Waals surface area contributed by atoms with Crippen LogP contribution in [0.2, 0.25) is 0 Å². The van der Waals surface area contributed by atoms with Gasteiger partial charge in [0.15, 0.2) is 0 Å². The molecule has 2 nitrogen and oxygen atoms in total. The van der Waals surface area contributed by atoms with Gasteiger partial charge in [-0.2, -0.15) is 0 Å². The first kappa shape index (κ1) is 21.4. The molecule has 29 heavy (non-hydrogen) atoms. The summed E-state index contributed by atoms with van der Waals surface area (Å²) in [6.07, 6.45) is 4.00. The molecular weight excluding hydrogens is 356 g/mol. The van der Waals surface area contributed by atoms with Gasteiger partial charge >= 0.3 is 5.97 Å². The molecule has 0 amide bonds. The Labute approximate surface area is 176 Å². The number of carbonyl (C=O) groups excluding carboxylic acids is 1. The lowest BCUT2D eigenvalue weighted by Gasteiger charge is -2.42. The first-order chi connectivity index (χ1) is 13.5. The molecule has 0 atom stereocenters. The second-order valence-corrected chi connectivity index (χ2v) is 9.64. The maximum atomic E-state index is 11.8. The highest BCUT2D eigenvalue weighted by molar-refractivity contribution is 5.91. The Morgan fingerprint density at radius 3 is 2.28 bits per heavy atom. The average molecular weight is 391 g/mol. The molecular formula is C27H34O2. The van der Waals surface area contributed by atoms with E-state index in [1.165, 1.54) is 40.7 Å². The number of esters is 1. The zero-order chi connectivity index (χ0) is 21.4. The van der Waals surface area contributed by atoms with E-state index >= 15 is 0 Å². The van der Waals surface area contributed by atoms with Crippen molar-refractivity contribution in [3.05, 3.63) is 64.7 Å². The average Bonchev–Trinajstić information content (AvgIpc) is 2.65. The molecule has 0 heterocycles. The van der Waals surface area contributed by atoms with E-state index in [0.29, 0.717) is 6.61 Å². The van der Waals surface area contributed by atoms with Crippen LogP contribution in [0.25, 0.3) is 16.7 Å². The van der Waals surface area contributed by atoms with Gasteiger partial charge in [0.05, 0.1) is 6.61 Å². The molecule has 3 rings (SSSR count). The number of benzene rings is 2. The van der Waals surface area contributed by atoms with Crippen LogP contribution in [0.3, 0.4) is 0 Å². The third-order valence-corrected chi connectivity index (χ3v) is 6.45. The molecule has 0 saturated carbocycles. The lowest BCUT2D eigenvalue weighted by Crippen LogP contribution is -2.34. The Morgan fingerprint density at radius 2 is 1.66 bits per heavy atom. The van der Waals surface area contributed by atoms with Gasteiger partial charge in [0.2, 0.25) is 0 Å².